The van der Waals surface area contributed by atoms with Gasteiger partial charge in [-0.15, -0.1) is 0 Å². The molecule has 0 saturated carbocycles. The summed E-state index contributed by atoms with van der Waals surface area (Å²) in [5, 5.41) is 9.82. The molecule has 0 bridgehead atoms. The Morgan fingerprint density at radius 1 is 0.625 bits per heavy atom. The van der Waals surface area contributed by atoms with Crippen molar-refractivity contribution in [3.05, 3.63) is 0 Å². The third kappa shape index (κ3) is 23.6. The number of ether oxygens (including phenoxy) is 2. The number of aliphatic hydroxyl groups excluding tert-OH is 1. The van der Waals surface area contributed by atoms with Gasteiger partial charge in [-0.05, 0) is 18.8 Å². The zero-order valence-electron chi connectivity index (χ0n) is 21.4. The fraction of sp³-hybridized carbons (Fsp3) is 0.926. The van der Waals surface area contributed by atoms with Crippen LogP contribution in [0.2, 0.25) is 0 Å². The average molecular weight is 457 g/mol. The maximum Gasteiger partial charge on any atom is 0.305 e. The van der Waals surface area contributed by atoms with Gasteiger partial charge in [0.1, 0.15) is 19.3 Å². The monoisotopic (exact) mass is 456 g/mol. The van der Waals surface area contributed by atoms with E-state index in [1.54, 1.807) is 0 Å². The normalized spacial score (nSPS) is 12.2. The SMILES string of the molecule is CCCCCCCC(=O)OC[C@@H](O)COC(=O)CCCCCCCCCCCCC(C)C. The van der Waals surface area contributed by atoms with Crippen LogP contribution in [0.4, 0.5) is 0 Å². The van der Waals surface area contributed by atoms with Crippen LogP contribution in [0.5, 0.6) is 0 Å². The molecule has 1 atom stereocenters. The standard InChI is InChI=1S/C27H52O5/c1-4-5-6-13-17-20-26(29)31-22-25(28)23-32-27(30)21-18-15-12-10-8-7-9-11-14-16-19-24(2)3/h24-25,28H,4-23H2,1-3H3/t25-/m1/s1. The van der Waals surface area contributed by atoms with Gasteiger partial charge in [0.15, 0.2) is 0 Å². The minimum atomic E-state index is -0.951. The highest BCUT2D eigenvalue weighted by Gasteiger charge is 2.12. The van der Waals surface area contributed by atoms with E-state index in [1.807, 2.05) is 0 Å². The van der Waals surface area contributed by atoms with Gasteiger partial charge in [-0.25, -0.2) is 0 Å². The van der Waals surface area contributed by atoms with E-state index in [0.717, 1.165) is 44.4 Å². The molecule has 0 aliphatic rings. The molecule has 0 amide bonds. The predicted molar refractivity (Wildman–Crippen MR) is 132 cm³/mol. The van der Waals surface area contributed by atoms with Gasteiger partial charge in [-0.3, -0.25) is 9.59 Å². The molecule has 0 fully saturated rings. The van der Waals surface area contributed by atoms with Crippen molar-refractivity contribution in [1.82, 2.24) is 0 Å². The number of aliphatic hydroxyl groups is 1. The van der Waals surface area contributed by atoms with E-state index in [0.29, 0.717) is 12.8 Å². The Labute approximate surface area is 198 Å². The third-order valence-electron chi connectivity index (χ3n) is 5.77. The molecule has 32 heavy (non-hydrogen) atoms. The molecule has 0 aliphatic heterocycles. The van der Waals surface area contributed by atoms with Gasteiger partial charge in [0, 0.05) is 12.8 Å². The van der Waals surface area contributed by atoms with Crippen molar-refractivity contribution in [2.45, 2.75) is 142 Å². The maximum absolute atomic E-state index is 11.8. The third-order valence-corrected chi connectivity index (χ3v) is 5.77. The topological polar surface area (TPSA) is 72.8 Å². The summed E-state index contributed by atoms with van der Waals surface area (Å²) in [6, 6.07) is 0. The first-order chi connectivity index (χ1) is 15.5. The number of hydrogen-bond acceptors (Lipinski definition) is 5. The van der Waals surface area contributed by atoms with Crippen molar-refractivity contribution in [2.24, 2.45) is 5.92 Å². The molecular weight excluding hydrogens is 404 g/mol. The fourth-order valence-corrected chi connectivity index (χ4v) is 3.68. The molecule has 190 valence electrons. The molecule has 5 nitrogen and oxygen atoms in total. The molecule has 0 heterocycles. The number of rotatable bonds is 23. The van der Waals surface area contributed by atoms with Gasteiger partial charge in [0.2, 0.25) is 0 Å². The molecular formula is C27H52O5. The number of carbonyl (C=O) groups excluding carboxylic acids is 2. The van der Waals surface area contributed by atoms with E-state index < -0.39 is 6.10 Å². The molecule has 5 heteroatoms. The van der Waals surface area contributed by atoms with Crippen LogP contribution in [0.1, 0.15) is 136 Å². The van der Waals surface area contributed by atoms with Gasteiger partial charge in [-0.2, -0.15) is 0 Å². The summed E-state index contributed by atoms with van der Waals surface area (Å²) in [6.07, 6.45) is 18.9. The van der Waals surface area contributed by atoms with E-state index in [1.165, 1.54) is 64.2 Å². The van der Waals surface area contributed by atoms with Crippen LogP contribution >= 0.6 is 0 Å². The van der Waals surface area contributed by atoms with E-state index >= 15 is 0 Å². The number of esters is 2. The van der Waals surface area contributed by atoms with Crippen molar-refractivity contribution < 1.29 is 24.2 Å². The molecule has 0 aromatic carbocycles. The highest BCUT2D eigenvalue weighted by molar-refractivity contribution is 5.69. The van der Waals surface area contributed by atoms with Crippen molar-refractivity contribution >= 4 is 11.9 Å². The lowest BCUT2D eigenvalue weighted by Crippen LogP contribution is -2.25. The van der Waals surface area contributed by atoms with Crippen molar-refractivity contribution in [2.75, 3.05) is 13.2 Å². The quantitative estimate of drug-likeness (QED) is 0.131. The first kappa shape index (κ1) is 30.9. The van der Waals surface area contributed by atoms with Gasteiger partial charge < -0.3 is 14.6 Å². The largest absolute Gasteiger partial charge is 0.463 e. The number of hydrogen-bond donors (Lipinski definition) is 1. The number of carbonyl (C=O) groups is 2. The second kappa shape index (κ2) is 23.1. The summed E-state index contributed by atoms with van der Waals surface area (Å²) in [5.41, 5.74) is 0. The summed E-state index contributed by atoms with van der Waals surface area (Å²) in [4.78, 5) is 23.4. The second-order valence-corrected chi connectivity index (χ2v) is 9.65. The zero-order valence-corrected chi connectivity index (χ0v) is 21.4. The zero-order chi connectivity index (χ0) is 23.9. The predicted octanol–water partition coefficient (Wildman–Crippen LogP) is 7.13. The smallest absolute Gasteiger partial charge is 0.305 e. The average Bonchev–Trinajstić information content (AvgIpc) is 2.76. The van der Waals surface area contributed by atoms with Crippen molar-refractivity contribution in [3.8, 4) is 0 Å². The lowest BCUT2D eigenvalue weighted by Gasteiger charge is -2.12. The maximum atomic E-state index is 11.8. The Morgan fingerprint density at radius 2 is 1.00 bits per heavy atom. The van der Waals surface area contributed by atoms with Gasteiger partial charge in [-0.1, -0.05) is 111 Å². The molecule has 0 unspecified atom stereocenters. The summed E-state index contributed by atoms with van der Waals surface area (Å²) >= 11 is 0. The first-order valence-corrected chi connectivity index (χ1v) is 13.4. The summed E-state index contributed by atoms with van der Waals surface area (Å²) < 4.78 is 10.1. The second-order valence-electron chi connectivity index (χ2n) is 9.65. The van der Waals surface area contributed by atoms with Crippen LogP contribution in [0.25, 0.3) is 0 Å². The van der Waals surface area contributed by atoms with Gasteiger partial charge >= 0.3 is 11.9 Å². The van der Waals surface area contributed by atoms with Crippen molar-refractivity contribution in [1.29, 1.82) is 0 Å². The van der Waals surface area contributed by atoms with Crippen molar-refractivity contribution in [3.63, 3.8) is 0 Å². The molecule has 0 aliphatic carbocycles. The highest BCUT2D eigenvalue weighted by atomic mass is 16.6. The Balaban J connectivity index is 3.42. The summed E-state index contributed by atoms with van der Waals surface area (Å²) in [7, 11) is 0. The first-order valence-electron chi connectivity index (χ1n) is 13.4. The van der Waals surface area contributed by atoms with Gasteiger partial charge in [0.05, 0.1) is 0 Å². The minimum absolute atomic E-state index is 0.111. The Hall–Kier alpha value is -1.10. The lowest BCUT2D eigenvalue weighted by atomic mass is 10.0. The van der Waals surface area contributed by atoms with Gasteiger partial charge in [0.25, 0.3) is 0 Å². The molecule has 0 aromatic heterocycles. The molecule has 0 rings (SSSR count). The van der Waals surface area contributed by atoms with E-state index in [2.05, 4.69) is 20.8 Å². The Morgan fingerprint density at radius 3 is 1.41 bits per heavy atom. The van der Waals surface area contributed by atoms with Crippen LogP contribution in [0.15, 0.2) is 0 Å². The molecule has 0 aromatic rings. The van der Waals surface area contributed by atoms with Crippen LogP contribution in [-0.4, -0.2) is 36.4 Å². The lowest BCUT2D eigenvalue weighted by molar-refractivity contribution is -0.152. The van der Waals surface area contributed by atoms with E-state index in [9.17, 15) is 14.7 Å². The van der Waals surface area contributed by atoms with E-state index in [-0.39, 0.29) is 25.2 Å². The fourth-order valence-electron chi connectivity index (χ4n) is 3.68. The summed E-state index contributed by atoms with van der Waals surface area (Å²) in [6.45, 7) is 6.51. The molecule has 0 saturated heterocycles. The van der Waals surface area contributed by atoms with Crippen LogP contribution < -0.4 is 0 Å². The minimum Gasteiger partial charge on any atom is -0.463 e. The Kier molecular flexibility index (Phi) is 22.3. The molecule has 0 spiro atoms. The Bertz CT molecular complexity index is 436. The summed E-state index contributed by atoms with van der Waals surface area (Å²) in [5.74, 6) is 0.252. The number of unbranched alkanes of at least 4 members (excludes halogenated alkanes) is 13. The van der Waals surface area contributed by atoms with E-state index in [4.69, 9.17) is 9.47 Å². The molecule has 1 N–H and O–H groups in total. The van der Waals surface area contributed by atoms with Crippen LogP contribution in [0, 0.1) is 5.92 Å². The highest BCUT2D eigenvalue weighted by Crippen LogP contribution is 2.14. The van der Waals surface area contributed by atoms with Crippen LogP contribution in [0.3, 0.4) is 0 Å². The molecule has 0 radical (unpaired) electrons. The van der Waals surface area contributed by atoms with Crippen LogP contribution in [-0.2, 0) is 19.1 Å².